The van der Waals surface area contributed by atoms with E-state index in [-0.39, 0.29) is 5.70 Å². The molecule has 0 saturated carbocycles. The number of imide groups is 1. The van der Waals surface area contributed by atoms with E-state index < -0.39 is 11.9 Å². The molecule has 94 valence electrons. The first kappa shape index (κ1) is 13.1. The van der Waals surface area contributed by atoms with Gasteiger partial charge in [-0.05, 0) is 55.6 Å². The van der Waals surface area contributed by atoms with Crippen LogP contribution in [0.4, 0.5) is 4.79 Å². The Morgan fingerprint density at radius 1 is 1.17 bits per heavy atom. The highest BCUT2D eigenvalue weighted by Crippen LogP contribution is 2.34. The van der Waals surface area contributed by atoms with Crippen LogP contribution in [0.1, 0.15) is 5.56 Å². The lowest BCUT2D eigenvalue weighted by molar-refractivity contribution is -0.115. The molecule has 0 atom stereocenters. The monoisotopic (exact) mass is 374 g/mol. The zero-order valence-corrected chi connectivity index (χ0v) is 12.4. The van der Waals surface area contributed by atoms with E-state index in [2.05, 4.69) is 42.5 Å². The van der Waals surface area contributed by atoms with Crippen LogP contribution >= 0.6 is 31.9 Å². The van der Waals surface area contributed by atoms with Crippen LogP contribution in [-0.4, -0.2) is 19.0 Å². The number of hydrogen-bond acceptors (Lipinski definition) is 3. The first-order valence-electron chi connectivity index (χ1n) is 4.88. The zero-order valence-electron chi connectivity index (χ0n) is 9.21. The fourth-order valence-corrected chi connectivity index (χ4v) is 3.05. The van der Waals surface area contributed by atoms with Crippen molar-refractivity contribution in [2.75, 3.05) is 7.11 Å². The molecule has 7 heteroatoms. The molecule has 0 bridgehead atoms. The number of rotatable bonds is 2. The number of carbonyl (C=O) groups excluding carboxylic acids is 2. The van der Waals surface area contributed by atoms with Gasteiger partial charge in [-0.1, -0.05) is 0 Å². The number of nitrogens with one attached hydrogen (secondary N) is 2. The van der Waals surface area contributed by atoms with E-state index in [1.165, 1.54) is 0 Å². The molecule has 0 spiro atoms. The molecule has 2 N–H and O–H groups in total. The minimum Gasteiger partial charge on any atom is -0.494 e. The van der Waals surface area contributed by atoms with Crippen molar-refractivity contribution >= 4 is 49.9 Å². The fourth-order valence-electron chi connectivity index (χ4n) is 1.51. The number of carbonyl (C=O) groups is 2. The van der Waals surface area contributed by atoms with Gasteiger partial charge in [0.05, 0.1) is 16.1 Å². The molecule has 18 heavy (non-hydrogen) atoms. The van der Waals surface area contributed by atoms with E-state index in [4.69, 9.17) is 4.74 Å². The Balaban J connectivity index is 2.39. The number of benzene rings is 1. The molecule has 0 aromatic heterocycles. The molecule has 1 heterocycles. The summed E-state index contributed by atoms with van der Waals surface area (Å²) in [6.45, 7) is 0. The van der Waals surface area contributed by atoms with Crippen molar-refractivity contribution in [3.05, 3.63) is 32.3 Å². The molecule has 1 aromatic carbocycles. The van der Waals surface area contributed by atoms with Gasteiger partial charge in [0.25, 0.3) is 5.91 Å². The highest BCUT2D eigenvalue weighted by molar-refractivity contribution is 9.11. The summed E-state index contributed by atoms with van der Waals surface area (Å²) in [5.74, 6) is 0.222. The van der Waals surface area contributed by atoms with Crippen LogP contribution in [0.2, 0.25) is 0 Å². The second-order valence-corrected chi connectivity index (χ2v) is 5.19. The summed E-state index contributed by atoms with van der Waals surface area (Å²) in [6.07, 6.45) is 1.58. The molecule has 1 saturated heterocycles. The van der Waals surface area contributed by atoms with Crippen LogP contribution in [-0.2, 0) is 4.79 Å². The van der Waals surface area contributed by atoms with Crippen molar-refractivity contribution in [3.8, 4) is 5.75 Å². The van der Waals surface area contributed by atoms with Crippen LogP contribution in [0.15, 0.2) is 26.8 Å². The van der Waals surface area contributed by atoms with E-state index in [1.807, 2.05) is 0 Å². The molecule has 1 aliphatic rings. The molecule has 1 fully saturated rings. The lowest BCUT2D eigenvalue weighted by Crippen LogP contribution is -2.22. The van der Waals surface area contributed by atoms with Crippen LogP contribution in [0.25, 0.3) is 6.08 Å². The van der Waals surface area contributed by atoms with E-state index >= 15 is 0 Å². The van der Waals surface area contributed by atoms with Gasteiger partial charge in [0.1, 0.15) is 11.4 Å². The summed E-state index contributed by atoms with van der Waals surface area (Å²) < 4.78 is 6.67. The van der Waals surface area contributed by atoms with Crippen LogP contribution in [0.3, 0.4) is 0 Å². The first-order valence-corrected chi connectivity index (χ1v) is 6.47. The van der Waals surface area contributed by atoms with Crippen molar-refractivity contribution in [1.82, 2.24) is 10.6 Å². The van der Waals surface area contributed by atoms with E-state index in [0.717, 1.165) is 14.5 Å². The van der Waals surface area contributed by atoms with Crippen molar-refractivity contribution in [2.45, 2.75) is 0 Å². The Bertz CT molecular complexity index is 546. The Labute approximate surface area is 120 Å². The molecule has 1 aliphatic heterocycles. The summed E-state index contributed by atoms with van der Waals surface area (Å²) in [7, 11) is 1.56. The van der Waals surface area contributed by atoms with Gasteiger partial charge in [-0.2, -0.15) is 0 Å². The average Bonchev–Trinajstić information content (AvgIpc) is 2.57. The smallest absolute Gasteiger partial charge is 0.326 e. The van der Waals surface area contributed by atoms with Gasteiger partial charge < -0.3 is 10.1 Å². The van der Waals surface area contributed by atoms with Gasteiger partial charge >= 0.3 is 6.03 Å². The molecule has 0 radical (unpaired) electrons. The van der Waals surface area contributed by atoms with E-state index in [9.17, 15) is 9.59 Å². The summed E-state index contributed by atoms with van der Waals surface area (Å²) in [6, 6.07) is 3.06. The normalized spacial score (nSPS) is 16.7. The summed E-state index contributed by atoms with van der Waals surface area (Å²) >= 11 is 6.72. The van der Waals surface area contributed by atoms with Crippen LogP contribution < -0.4 is 15.4 Å². The second-order valence-electron chi connectivity index (χ2n) is 3.48. The molecular weight excluding hydrogens is 368 g/mol. The SMILES string of the molecule is COc1c(Br)cc(/C=C2/NC(=O)NC2=O)cc1Br. The van der Waals surface area contributed by atoms with Crippen LogP contribution in [0, 0.1) is 0 Å². The minimum absolute atomic E-state index is 0.212. The van der Waals surface area contributed by atoms with Gasteiger partial charge in [0, 0.05) is 0 Å². The highest BCUT2D eigenvalue weighted by Gasteiger charge is 2.22. The van der Waals surface area contributed by atoms with Crippen molar-refractivity contribution in [2.24, 2.45) is 0 Å². The number of methoxy groups -OCH3 is 1. The van der Waals surface area contributed by atoms with Gasteiger partial charge in [-0.25, -0.2) is 4.79 Å². The summed E-state index contributed by atoms with van der Waals surface area (Å²) in [5, 5.41) is 4.55. The molecule has 3 amide bonds. The topological polar surface area (TPSA) is 67.4 Å². The van der Waals surface area contributed by atoms with Gasteiger partial charge in [0.2, 0.25) is 0 Å². The molecular formula is C11H8Br2N2O3. The maximum atomic E-state index is 11.4. The lowest BCUT2D eigenvalue weighted by atomic mass is 10.2. The maximum absolute atomic E-state index is 11.4. The lowest BCUT2D eigenvalue weighted by Gasteiger charge is -2.07. The maximum Gasteiger partial charge on any atom is 0.326 e. The molecule has 2 rings (SSSR count). The fraction of sp³-hybridized carbons (Fsp3) is 0.0909. The Morgan fingerprint density at radius 3 is 2.22 bits per heavy atom. The number of urea groups is 1. The third-order valence-electron chi connectivity index (χ3n) is 2.26. The standard InChI is InChI=1S/C11H8Br2N2O3/c1-18-9-6(12)2-5(3-7(9)13)4-8-10(16)15-11(17)14-8/h2-4H,1H3,(H2,14,15,16,17)/b8-4+. The Morgan fingerprint density at radius 2 is 1.78 bits per heavy atom. The van der Waals surface area contributed by atoms with Gasteiger partial charge in [0.15, 0.2) is 0 Å². The highest BCUT2D eigenvalue weighted by atomic mass is 79.9. The number of halogens is 2. The van der Waals surface area contributed by atoms with Crippen molar-refractivity contribution in [1.29, 1.82) is 0 Å². The number of ether oxygens (including phenoxy) is 1. The van der Waals surface area contributed by atoms with Crippen molar-refractivity contribution in [3.63, 3.8) is 0 Å². The van der Waals surface area contributed by atoms with E-state index in [0.29, 0.717) is 5.75 Å². The Kier molecular flexibility index (Phi) is 3.72. The zero-order chi connectivity index (χ0) is 13.3. The van der Waals surface area contributed by atoms with Gasteiger partial charge in [-0.15, -0.1) is 0 Å². The van der Waals surface area contributed by atoms with Gasteiger partial charge in [-0.3, -0.25) is 10.1 Å². The van der Waals surface area contributed by atoms with Crippen molar-refractivity contribution < 1.29 is 14.3 Å². The first-order chi connectivity index (χ1) is 8.51. The minimum atomic E-state index is -0.516. The molecule has 5 nitrogen and oxygen atoms in total. The molecule has 0 aliphatic carbocycles. The summed E-state index contributed by atoms with van der Waals surface area (Å²) in [5.41, 5.74) is 0.964. The predicted molar refractivity (Wildman–Crippen MR) is 73.0 cm³/mol. The number of hydrogen-bond donors (Lipinski definition) is 2. The molecule has 1 aromatic rings. The summed E-state index contributed by atoms with van der Waals surface area (Å²) in [4.78, 5) is 22.3. The van der Waals surface area contributed by atoms with Crippen LogP contribution in [0.5, 0.6) is 5.75 Å². The third-order valence-corrected chi connectivity index (χ3v) is 3.43. The number of amides is 3. The third kappa shape index (κ3) is 2.56. The average molecular weight is 376 g/mol. The predicted octanol–water partition coefficient (Wildman–Crippen LogP) is 2.40. The second kappa shape index (κ2) is 5.11. The van der Waals surface area contributed by atoms with E-state index in [1.54, 1.807) is 25.3 Å². The largest absolute Gasteiger partial charge is 0.494 e. The Hall–Kier alpha value is -1.34. The molecule has 0 unspecified atom stereocenters. The quantitative estimate of drug-likeness (QED) is 0.616.